The third-order valence-corrected chi connectivity index (χ3v) is 6.48. The summed E-state index contributed by atoms with van der Waals surface area (Å²) in [4.78, 5) is 15.7. The van der Waals surface area contributed by atoms with Crippen molar-refractivity contribution in [1.82, 2.24) is 14.6 Å². The number of rotatable bonds is 6. The molecule has 0 unspecified atom stereocenters. The number of aryl methyl sites for hydroxylation is 1. The van der Waals surface area contributed by atoms with E-state index in [1.807, 2.05) is 0 Å². The summed E-state index contributed by atoms with van der Waals surface area (Å²) in [6, 6.07) is 0. The third-order valence-electron chi connectivity index (χ3n) is 3.42. The van der Waals surface area contributed by atoms with E-state index < -0.39 is 10.0 Å². The molecule has 1 aromatic heterocycles. The van der Waals surface area contributed by atoms with Gasteiger partial charge in [0.2, 0.25) is 0 Å². The van der Waals surface area contributed by atoms with E-state index in [2.05, 4.69) is 14.6 Å². The van der Waals surface area contributed by atoms with E-state index in [0.29, 0.717) is 12.2 Å². The van der Waals surface area contributed by atoms with Gasteiger partial charge in [-0.2, -0.15) is 0 Å². The molecule has 1 aliphatic heterocycles. The van der Waals surface area contributed by atoms with Gasteiger partial charge in [0.15, 0.2) is 4.21 Å². The third kappa shape index (κ3) is 4.15. The highest BCUT2D eigenvalue weighted by atomic mass is 32.2. The predicted molar refractivity (Wildman–Crippen MR) is 79.8 cm³/mol. The molecule has 0 radical (unpaired) electrons. The zero-order valence-corrected chi connectivity index (χ0v) is 13.3. The lowest BCUT2D eigenvalue weighted by Crippen LogP contribution is -2.33. The van der Waals surface area contributed by atoms with Crippen LogP contribution >= 0.6 is 11.3 Å². The molecule has 1 aromatic rings. The van der Waals surface area contributed by atoms with Gasteiger partial charge >= 0.3 is 4.87 Å². The molecule has 2 rings (SSSR count). The molecule has 0 saturated carbocycles. The maximum absolute atomic E-state index is 12.0. The van der Waals surface area contributed by atoms with E-state index in [1.54, 1.807) is 6.92 Å². The van der Waals surface area contributed by atoms with Gasteiger partial charge in [-0.05, 0) is 45.8 Å². The molecule has 1 saturated heterocycles. The second-order valence-electron chi connectivity index (χ2n) is 5.08. The maximum atomic E-state index is 12.0. The van der Waals surface area contributed by atoms with Crippen LogP contribution in [0.15, 0.2) is 9.00 Å². The molecule has 0 aromatic carbocycles. The number of hydrogen-bond acceptors (Lipinski definition) is 5. The van der Waals surface area contributed by atoms with Crippen LogP contribution in [-0.2, 0) is 10.0 Å². The number of nitrogens with one attached hydrogen (secondary N) is 2. The van der Waals surface area contributed by atoms with Crippen molar-refractivity contribution in [2.75, 3.05) is 26.2 Å². The Bertz CT molecular complexity index is 585. The van der Waals surface area contributed by atoms with Crippen LogP contribution < -0.4 is 9.60 Å². The SMILES string of the molecule is Cc1[nH]c(=O)sc1S(=O)(=O)NCCCN1CCCCC1. The maximum Gasteiger partial charge on any atom is 0.305 e. The van der Waals surface area contributed by atoms with Gasteiger partial charge in [-0.1, -0.05) is 17.8 Å². The average Bonchev–Trinajstić information content (AvgIpc) is 2.76. The van der Waals surface area contributed by atoms with E-state index in [9.17, 15) is 13.2 Å². The highest BCUT2D eigenvalue weighted by molar-refractivity contribution is 7.91. The average molecular weight is 319 g/mol. The molecule has 0 bridgehead atoms. The van der Waals surface area contributed by atoms with E-state index in [0.717, 1.165) is 37.4 Å². The van der Waals surface area contributed by atoms with Gasteiger partial charge in [-0.15, -0.1) is 0 Å². The van der Waals surface area contributed by atoms with Gasteiger partial charge in [-0.3, -0.25) is 4.79 Å². The molecule has 6 nitrogen and oxygen atoms in total. The van der Waals surface area contributed by atoms with Crippen molar-refractivity contribution in [3.8, 4) is 0 Å². The number of aromatic amines is 1. The Balaban J connectivity index is 1.80. The van der Waals surface area contributed by atoms with Crippen LogP contribution in [0.25, 0.3) is 0 Å². The summed E-state index contributed by atoms with van der Waals surface area (Å²) < 4.78 is 26.8. The Morgan fingerprint density at radius 2 is 2.00 bits per heavy atom. The van der Waals surface area contributed by atoms with E-state index >= 15 is 0 Å². The van der Waals surface area contributed by atoms with E-state index in [-0.39, 0.29) is 9.08 Å². The van der Waals surface area contributed by atoms with Gasteiger partial charge < -0.3 is 9.88 Å². The number of piperidine rings is 1. The summed E-state index contributed by atoms with van der Waals surface area (Å²) in [5, 5.41) is 0. The minimum absolute atomic E-state index is 0.0977. The van der Waals surface area contributed by atoms with Gasteiger partial charge in [0, 0.05) is 12.2 Å². The van der Waals surface area contributed by atoms with Crippen molar-refractivity contribution < 1.29 is 8.42 Å². The summed E-state index contributed by atoms with van der Waals surface area (Å²) >= 11 is 0.735. The molecular formula is C12H21N3O3S2. The topological polar surface area (TPSA) is 82.3 Å². The molecule has 2 N–H and O–H groups in total. The Labute approximate surface area is 123 Å². The number of sulfonamides is 1. The van der Waals surface area contributed by atoms with Crippen molar-refractivity contribution in [2.45, 2.75) is 36.8 Å². The van der Waals surface area contributed by atoms with Crippen LogP contribution in [0.3, 0.4) is 0 Å². The summed E-state index contributed by atoms with van der Waals surface area (Å²) in [6.45, 7) is 5.16. The summed E-state index contributed by atoms with van der Waals surface area (Å²) in [6.07, 6.45) is 4.57. The predicted octanol–water partition coefficient (Wildman–Crippen LogP) is 0.899. The minimum atomic E-state index is -3.55. The molecule has 2 heterocycles. The van der Waals surface area contributed by atoms with Crippen LogP contribution in [-0.4, -0.2) is 44.5 Å². The zero-order valence-electron chi connectivity index (χ0n) is 11.6. The zero-order chi connectivity index (χ0) is 14.6. The molecule has 0 spiro atoms. The molecule has 1 fully saturated rings. The van der Waals surface area contributed by atoms with Crippen LogP contribution in [0.1, 0.15) is 31.4 Å². The van der Waals surface area contributed by atoms with Crippen molar-refractivity contribution in [3.05, 3.63) is 15.4 Å². The van der Waals surface area contributed by atoms with Gasteiger partial charge in [0.25, 0.3) is 10.0 Å². The first-order chi connectivity index (χ1) is 9.49. The fourth-order valence-corrected chi connectivity index (χ4v) is 4.82. The highest BCUT2D eigenvalue weighted by Crippen LogP contribution is 2.15. The molecular weight excluding hydrogens is 298 g/mol. The largest absolute Gasteiger partial charge is 0.315 e. The molecule has 8 heteroatoms. The molecule has 0 amide bonds. The minimum Gasteiger partial charge on any atom is -0.315 e. The smallest absolute Gasteiger partial charge is 0.305 e. The Hall–Kier alpha value is -0.700. The second kappa shape index (κ2) is 6.84. The number of aromatic nitrogens is 1. The quantitative estimate of drug-likeness (QED) is 0.763. The highest BCUT2D eigenvalue weighted by Gasteiger charge is 2.20. The Morgan fingerprint density at radius 3 is 2.60 bits per heavy atom. The van der Waals surface area contributed by atoms with Crippen LogP contribution in [0, 0.1) is 6.92 Å². The van der Waals surface area contributed by atoms with Crippen LogP contribution in [0.5, 0.6) is 0 Å². The first-order valence-electron chi connectivity index (χ1n) is 6.91. The van der Waals surface area contributed by atoms with Gasteiger partial charge in [-0.25, -0.2) is 13.1 Å². The van der Waals surface area contributed by atoms with E-state index in [4.69, 9.17) is 0 Å². The molecule has 114 valence electrons. The number of hydrogen-bond donors (Lipinski definition) is 2. The number of thiazole rings is 1. The van der Waals surface area contributed by atoms with Crippen molar-refractivity contribution in [3.63, 3.8) is 0 Å². The normalized spacial score (nSPS) is 17.4. The Kier molecular flexibility index (Phi) is 5.36. The summed E-state index contributed by atoms with van der Waals surface area (Å²) in [7, 11) is -3.55. The first-order valence-corrected chi connectivity index (χ1v) is 9.21. The molecule has 20 heavy (non-hydrogen) atoms. The first kappa shape index (κ1) is 15.7. The Morgan fingerprint density at radius 1 is 1.30 bits per heavy atom. The summed E-state index contributed by atoms with van der Waals surface area (Å²) in [5.41, 5.74) is 0.406. The lowest BCUT2D eigenvalue weighted by atomic mass is 10.1. The van der Waals surface area contributed by atoms with Gasteiger partial charge in [0.05, 0.1) is 0 Å². The van der Waals surface area contributed by atoms with Gasteiger partial charge in [0.1, 0.15) is 0 Å². The second-order valence-corrected chi connectivity index (χ2v) is 8.03. The molecule has 0 atom stereocenters. The number of H-pyrrole nitrogens is 1. The van der Waals surface area contributed by atoms with Crippen molar-refractivity contribution >= 4 is 21.4 Å². The lowest BCUT2D eigenvalue weighted by molar-refractivity contribution is 0.227. The lowest BCUT2D eigenvalue weighted by Gasteiger charge is -2.26. The number of likely N-dealkylation sites (tertiary alicyclic amines) is 1. The standard InChI is InChI=1S/C12H21N3O3S2/c1-10-11(19-12(16)14-10)20(17,18)13-6-5-9-15-7-3-2-4-8-15/h13H,2-9H2,1H3,(H,14,16). The summed E-state index contributed by atoms with van der Waals surface area (Å²) in [5.74, 6) is 0. The van der Waals surface area contributed by atoms with Crippen molar-refractivity contribution in [2.24, 2.45) is 0 Å². The number of nitrogens with zero attached hydrogens (tertiary/aromatic N) is 1. The van der Waals surface area contributed by atoms with E-state index in [1.165, 1.54) is 19.3 Å². The monoisotopic (exact) mass is 319 g/mol. The molecule has 0 aliphatic carbocycles. The molecule has 1 aliphatic rings. The fraction of sp³-hybridized carbons (Fsp3) is 0.750. The van der Waals surface area contributed by atoms with Crippen LogP contribution in [0.4, 0.5) is 0 Å². The van der Waals surface area contributed by atoms with Crippen molar-refractivity contribution in [1.29, 1.82) is 0 Å². The van der Waals surface area contributed by atoms with Crippen LogP contribution in [0.2, 0.25) is 0 Å². The fourth-order valence-electron chi connectivity index (χ4n) is 2.40.